The van der Waals surface area contributed by atoms with Gasteiger partial charge in [-0.15, -0.1) is 5.10 Å². The van der Waals surface area contributed by atoms with E-state index in [1.807, 2.05) is 13.8 Å². The number of nitrogens with zero attached hydrogens (tertiary/aromatic N) is 2. The lowest BCUT2D eigenvalue weighted by Gasteiger charge is -2.11. The van der Waals surface area contributed by atoms with Crippen LogP contribution in [0.25, 0.3) is 0 Å². The molecule has 1 aromatic heterocycles. The third kappa shape index (κ3) is 3.56. The number of hydrogen-bond acceptors (Lipinski definition) is 6. The molecule has 0 spiro atoms. The van der Waals surface area contributed by atoms with Crippen LogP contribution in [0.3, 0.4) is 0 Å². The Hall–Kier alpha value is -1.99. The number of aliphatic hydroxyl groups is 1. The van der Waals surface area contributed by atoms with E-state index in [4.69, 9.17) is 4.74 Å². The van der Waals surface area contributed by atoms with Gasteiger partial charge in [-0.3, -0.25) is 4.79 Å². The molecule has 0 atom stereocenters. The van der Waals surface area contributed by atoms with Crippen molar-refractivity contribution in [2.24, 2.45) is 0 Å². The third-order valence-electron chi connectivity index (χ3n) is 2.89. The molecule has 2 aromatic rings. The van der Waals surface area contributed by atoms with Gasteiger partial charge < -0.3 is 15.2 Å². The molecule has 2 rings (SSSR count). The Labute approximate surface area is 126 Å². The number of amides is 1. The first kappa shape index (κ1) is 15.4. The highest BCUT2D eigenvalue weighted by Crippen LogP contribution is 2.24. The van der Waals surface area contributed by atoms with Gasteiger partial charge in [0.05, 0.1) is 18.9 Å². The summed E-state index contributed by atoms with van der Waals surface area (Å²) in [5.41, 5.74) is 1.92. The van der Waals surface area contributed by atoms with Crippen LogP contribution >= 0.6 is 11.5 Å². The molecule has 0 unspecified atom stereocenters. The molecule has 0 saturated heterocycles. The number of aliphatic hydroxyl groups excluding tert-OH is 1. The fourth-order valence-electron chi connectivity index (χ4n) is 1.88. The van der Waals surface area contributed by atoms with Crippen molar-refractivity contribution in [3.05, 3.63) is 34.3 Å². The zero-order chi connectivity index (χ0) is 15.2. The molecule has 2 N–H and O–H groups in total. The minimum Gasteiger partial charge on any atom is -0.494 e. The van der Waals surface area contributed by atoms with Crippen molar-refractivity contribution in [2.75, 3.05) is 11.9 Å². The normalized spacial score (nSPS) is 10.4. The van der Waals surface area contributed by atoms with Gasteiger partial charge in [0.25, 0.3) is 5.91 Å². The molecule has 112 valence electrons. The number of carbonyl (C=O) groups is 1. The lowest BCUT2D eigenvalue weighted by molar-refractivity contribution is 0.102. The van der Waals surface area contributed by atoms with E-state index >= 15 is 0 Å². The van der Waals surface area contributed by atoms with Crippen LogP contribution in [0.2, 0.25) is 0 Å². The summed E-state index contributed by atoms with van der Waals surface area (Å²) in [6, 6.07) is 5.17. The van der Waals surface area contributed by atoms with Crippen LogP contribution in [0.1, 0.15) is 34.8 Å². The smallest absolute Gasteiger partial charge is 0.269 e. The maximum atomic E-state index is 12.2. The lowest BCUT2D eigenvalue weighted by atomic mass is 10.2. The van der Waals surface area contributed by atoms with Crippen molar-refractivity contribution in [1.29, 1.82) is 0 Å². The Morgan fingerprint density at radius 1 is 1.43 bits per heavy atom. The fraction of sp³-hybridized carbons (Fsp3) is 0.357. The van der Waals surface area contributed by atoms with Crippen LogP contribution in [0.5, 0.6) is 5.75 Å². The van der Waals surface area contributed by atoms with E-state index < -0.39 is 0 Å². The number of ether oxygens (including phenoxy) is 1. The minimum absolute atomic E-state index is 0.151. The van der Waals surface area contributed by atoms with E-state index in [0.29, 0.717) is 40.6 Å². The van der Waals surface area contributed by atoms with Crippen LogP contribution in [0, 0.1) is 0 Å². The Kier molecular flexibility index (Phi) is 5.24. The Morgan fingerprint density at radius 2 is 2.24 bits per heavy atom. The standard InChI is InChI=1S/C14H17N3O3S/c1-3-11-13(21-17-16-11)14(19)15-10-5-6-12(20-4-2)9(7-10)8-18/h5-7,18H,3-4,8H2,1-2H3,(H,15,19). The largest absolute Gasteiger partial charge is 0.494 e. The number of anilines is 1. The maximum Gasteiger partial charge on any atom is 0.269 e. The highest BCUT2D eigenvalue weighted by Gasteiger charge is 2.15. The molecule has 7 heteroatoms. The molecular weight excluding hydrogens is 290 g/mol. The van der Waals surface area contributed by atoms with Gasteiger partial charge in [-0.05, 0) is 43.1 Å². The summed E-state index contributed by atoms with van der Waals surface area (Å²) in [7, 11) is 0. The second kappa shape index (κ2) is 7.14. The van der Waals surface area contributed by atoms with Gasteiger partial charge in [-0.25, -0.2) is 0 Å². The Balaban J connectivity index is 2.18. The van der Waals surface area contributed by atoms with Crippen molar-refractivity contribution >= 4 is 23.1 Å². The molecule has 0 aliphatic rings. The second-order valence-corrected chi connectivity index (χ2v) is 5.02. The molecule has 0 fully saturated rings. The van der Waals surface area contributed by atoms with Gasteiger partial charge in [0, 0.05) is 11.3 Å². The number of carbonyl (C=O) groups excluding carboxylic acids is 1. The molecule has 6 nitrogen and oxygen atoms in total. The predicted octanol–water partition coefficient (Wildman–Crippen LogP) is 2.24. The molecule has 0 aliphatic heterocycles. The van der Waals surface area contributed by atoms with E-state index in [-0.39, 0.29) is 12.5 Å². The Bertz CT molecular complexity index is 628. The second-order valence-electron chi connectivity index (χ2n) is 4.27. The minimum atomic E-state index is -0.241. The highest BCUT2D eigenvalue weighted by molar-refractivity contribution is 7.08. The molecular formula is C14H17N3O3S. The van der Waals surface area contributed by atoms with E-state index in [2.05, 4.69) is 14.9 Å². The number of nitrogens with one attached hydrogen (secondary N) is 1. The molecule has 0 saturated carbocycles. The number of aryl methyl sites for hydroxylation is 1. The maximum absolute atomic E-state index is 12.2. The highest BCUT2D eigenvalue weighted by atomic mass is 32.1. The Morgan fingerprint density at radius 3 is 2.90 bits per heavy atom. The first-order valence-electron chi connectivity index (χ1n) is 6.68. The van der Waals surface area contributed by atoms with E-state index in [1.165, 1.54) is 0 Å². The van der Waals surface area contributed by atoms with Crippen LogP contribution in [-0.2, 0) is 13.0 Å². The van der Waals surface area contributed by atoms with Crippen molar-refractivity contribution in [2.45, 2.75) is 26.9 Å². The molecule has 1 heterocycles. The van der Waals surface area contributed by atoms with Crippen LogP contribution in [0.15, 0.2) is 18.2 Å². The zero-order valence-corrected chi connectivity index (χ0v) is 12.7. The summed E-state index contributed by atoms with van der Waals surface area (Å²) < 4.78 is 9.20. The molecule has 0 bridgehead atoms. The number of benzene rings is 1. The van der Waals surface area contributed by atoms with Crippen LogP contribution < -0.4 is 10.1 Å². The van der Waals surface area contributed by atoms with Crippen LogP contribution in [0.4, 0.5) is 5.69 Å². The summed E-state index contributed by atoms with van der Waals surface area (Å²) in [6.45, 7) is 4.17. The van der Waals surface area contributed by atoms with Gasteiger partial charge in [0.1, 0.15) is 10.6 Å². The van der Waals surface area contributed by atoms with Crippen LogP contribution in [-0.4, -0.2) is 27.2 Å². The topological polar surface area (TPSA) is 84.3 Å². The predicted molar refractivity (Wildman–Crippen MR) is 80.8 cm³/mol. The summed E-state index contributed by atoms with van der Waals surface area (Å²) in [5.74, 6) is 0.376. The summed E-state index contributed by atoms with van der Waals surface area (Å²) in [6.07, 6.45) is 0.657. The monoisotopic (exact) mass is 307 g/mol. The molecule has 1 aromatic carbocycles. The lowest BCUT2D eigenvalue weighted by Crippen LogP contribution is -2.12. The quantitative estimate of drug-likeness (QED) is 0.855. The SMILES string of the molecule is CCOc1ccc(NC(=O)c2snnc2CC)cc1CO. The number of rotatable bonds is 6. The van der Waals surface area contributed by atoms with E-state index in [1.54, 1.807) is 18.2 Å². The van der Waals surface area contributed by atoms with Gasteiger partial charge in [-0.2, -0.15) is 0 Å². The summed E-state index contributed by atoms with van der Waals surface area (Å²) >= 11 is 1.08. The first-order chi connectivity index (χ1) is 10.2. The van der Waals surface area contributed by atoms with Crippen molar-refractivity contribution < 1.29 is 14.6 Å². The van der Waals surface area contributed by atoms with E-state index in [9.17, 15) is 9.90 Å². The van der Waals surface area contributed by atoms with Crippen molar-refractivity contribution in [1.82, 2.24) is 9.59 Å². The first-order valence-corrected chi connectivity index (χ1v) is 7.46. The zero-order valence-electron chi connectivity index (χ0n) is 11.9. The van der Waals surface area contributed by atoms with Gasteiger partial charge in [0.15, 0.2) is 0 Å². The van der Waals surface area contributed by atoms with Gasteiger partial charge >= 0.3 is 0 Å². The molecule has 0 radical (unpaired) electrons. The average molecular weight is 307 g/mol. The van der Waals surface area contributed by atoms with Crippen molar-refractivity contribution in [3.63, 3.8) is 0 Å². The summed E-state index contributed by atoms with van der Waals surface area (Å²) in [5, 5.41) is 16.1. The number of hydrogen-bond donors (Lipinski definition) is 2. The summed E-state index contributed by atoms with van der Waals surface area (Å²) in [4.78, 5) is 12.7. The number of aromatic nitrogens is 2. The molecule has 0 aliphatic carbocycles. The molecule has 1 amide bonds. The average Bonchev–Trinajstić information content (AvgIpc) is 2.97. The third-order valence-corrected chi connectivity index (χ3v) is 3.65. The van der Waals surface area contributed by atoms with E-state index in [0.717, 1.165) is 11.5 Å². The van der Waals surface area contributed by atoms with Gasteiger partial charge in [0.2, 0.25) is 0 Å². The van der Waals surface area contributed by atoms with Gasteiger partial charge in [-0.1, -0.05) is 11.4 Å². The fourth-order valence-corrected chi connectivity index (χ4v) is 2.52. The van der Waals surface area contributed by atoms with Crippen molar-refractivity contribution in [3.8, 4) is 5.75 Å². The molecule has 21 heavy (non-hydrogen) atoms.